The van der Waals surface area contributed by atoms with Crippen LogP contribution in [0.5, 0.6) is 0 Å². The smallest absolute Gasteiger partial charge is 0.410 e. The molecule has 0 bridgehead atoms. The number of hydrogen-bond acceptors (Lipinski definition) is 9. The van der Waals surface area contributed by atoms with Crippen LogP contribution in [0.3, 0.4) is 0 Å². The molecule has 0 aliphatic carbocycles. The topological polar surface area (TPSA) is 128 Å². The number of carbonyl (C=O) groups excluding carboxylic acids is 4. The number of nitrogens with two attached hydrogens (primary N) is 1. The molecule has 250 valence electrons. The van der Waals surface area contributed by atoms with Crippen molar-refractivity contribution in [1.82, 2.24) is 4.90 Å². The zero-order valence-corrected chi connectivity index (χ0v) is 28.2. The second-order valence-electron chi connectivity index (χ2n) is 13.0. The highest BCUT2D eigenvalue weighted by Gasteiger charge is 2.50. The Morgan fingerprint density at radius 1 is 1.02 bits per heavy atom. The summed E-state index contributed by atoms with van der Waals surface area (Å²) in [4.78, 5) is 56.4. The van der Waals surface area contributed by atoms with Crippen LogP contribution in [-0.2, 0) is 41.6 Å². The molecule has 1 unspecified atom stereocenters. The fourth-order valence-electron chi connectivity index (χ4n) is 5.89. The van der Waals surface area contributed by atoms with Gasteiger partial charge in [-0.05, 0) is 82.2 Å². The SMILES string of the molecule is CCOC(=O)[C@H](CSCC1CCN(C(=O)OCc2ccccc2)CC1)C1(N)CCc2ccccc2N(CC(=O)OC(C)(C)C)C1=O. The maximum absolute atomic E-state index is 14.3. The van der Waals surface area contributed by atoms with Crippen LogP contribution in [0.15, 0.2) is 54.6 Å². The molecule has 4 rings (SSSR count). The molecule has 2 aliphatic heterocycles. The summed E-state index contributed by atoms with van der Waals surface area (Å²) in [7, 11) is 0. The number of piperidine rings is 1. The Labute approximate surface area is 276 Å². The van der Waals surface area contributed by atoms with E-state index in [9.17, 15) is 19.2 Å². The Morgan fingerprint density at radius 3 is 2.37 bits per heavy atom. The molecule has 2 aromatic rings. The molecule has 2 heterocycles. The summed E-state index contributed by atoms with van der Waals surface area (Å²) in [5, 5.41) is 0. The summed E-state index contributed by atoms with van der Waals surface area (Å²) in [5.41, 5.74) is 7.07. The number of aryl methyl sites for hydroxylation is 1. The highest BCUT2D eigenvalue weighted by atomic mass is 32.2. The lowest BCUT2D eigenvalue weighted by Crippen LogP contribution is -2.63. The molecule has 11 heteroatoms. The van der Waals surface area contributed by atoms with Crippen molar-refractivity contribution in [2.45, 2.75) is 71.1 Å². The number of esters is 2. The summed E-state index contributed by atoms with van der Waals surface area (Å²) in [6.45, 7) is 8.30. The molecule has 0 radical (unpaired) electrons. The van der Waals surface area contributed by atoms with Gasteiger partial charge in [0.1, 0.15) is 24.3 Å². The standard InChI is InChI=1S/C35H47N3O7S/c1-5-43-31(40)28(24-46-23-26-16-19-37(20-17-26)33(42)44-22-25-11-7-6-8-12-25)35(36)18-15-27-13-9-10-14-29(27)38(32(35)41)21-30(39)45-34(2,3)4/h6-14,26,28H,5,15-24,36H2,1-4H3/t28-,35?/m0/s1. The van der Waals surface area contributed by atoms with Crippen molar-refractivity contribution in [3.8, 4) is 0 Å². The second-order valence-corrected chi connectivity index (χ2v) is 14.0. The highest BCUT2D eigenvalue weighted by Crippen LogP contribution is 2.36. The highest BCUT2D eigenvalue weighted by molar-refractivity contribution is 7.99. The molecule has 0 spiro atoms. The summed E-state index contributed by atoms with van der Waals surface area (Å²) >= 11 is 1.57. The molecule has 2 N–H and O–H groups in total. The van der Waals surface area contributed by atoms with Crippen LogP contribution < -0.4 is 10.6 Å². The summed E-state index contributed by atoms with van der Waals surface area (Å²) in [6, 6.07) is 17.0. The van der Waals surface area contributed by atoms with Crippen LogP contribution in [0.4, 0.5) is 10.5 Å². The Bertz CT molecular complexity index is 1360. The minimum absolute atomic E-state index is 0.158. The third kappa shape index (κ3) is 9.25. The van der Waals surface area contributed by atoms with Crippen LogP contribution in [-0.4, -0.2) is 77.7 Å². The monoisotopic (exact) mass is 653 g/mol. The van der Waals surface area contributed by atoms with Crippen molar-refractivity contribution >= 4 is 41.4 Å². The zero-order valence-electron chi connectivity index (χ0n) is 27.4. The third-order valence-corrected chi connectivity index (χ3v) is 9.63. The van der Waals surface area contributed by atoms with Crippen molar-refractivity contribution in [3.05, 3.63) is 65.7 Å². The largest absolute Gasteiger partial charge is 0.466 e. The van der Waals surface area contributed by atoms with Gasteiger partial charge in [-0.25, -0.2) is 4.79 Å². The van der Waals surface area contributed by atoms with Gasteiger partial charge in [-0.2, -0.15) is 11.8 Å². The van der Waals surface area contributed by atoms with Crippen LogP contribution in [0, 0.1) is 11.8 Å². The maximum atomic E-state index is 14.3. The first-order chi connectivity index (χ1) is 21.9. The molecular formula is C35H47N3O7S. The number of amides is 2. The van der Waals surface area contributed by atoms with Gasteiger partial charge in [0.05, 0.1) is 12.5 Å². The quantitative estimate of drug-likeness (QED) is 0.264. The number of para-hydroxylation sites is 1. The van der Waals surface area contributed by atoms with Gasteiger partial charge in [-0.3, -0.25) is 19.3 Å². The van der Waals surface area contributed by atoms with Gasteiger partial charge in [-0.1, -0.05) is 48.5 Å². The van der Waals surface area contributed by atoms with Crippen molar-refractivity contribution in [2.24, 2.45) is 17.6 Å². The maximum Gasteiger partial charge on any atom is 0.410 e. The van der Waals surface area contributed by atoms with E-state index >= 15 is 0 Å². The summed E-state index contributed by atoms with van der Waals surface area (Å²) < 4.78 is 16.5. The normalized spacial score (nSPS) is 19.5. The van der Waals surface area contributed by atoms with E-state index in [1.807, 2.05) is 48.5 Å². The van der Waals surface area contributed by atoms with E-state index in [1.165, 1.54) is 4.90 Å². The van der Waals surface area contributed by atoms with E-state index in [-0.39, 0.29) is 38.0 Å². The molecule has 10 nitrogen and oxygen atoms in total. The number of hydrogen-bond donors (Lipinski definition) is 1. The fraction of sp³-hybridized carbons (Fsp3) is 0.543. The first-order valence-corrected chi connectivity index (χ1v) is 17.2. The molecule has 0 saturated carbocycles. The first kappa shape index (κ1) is 35.3. The average Bonchev–Trinajstić information content (AvgIpc) is 3.13. The predicted octanol–water partition coefficient (Wildman–Crippen LogP) is 4.97. The van der Waals surface area contributed by atoms with E-state index in [1.54, 1.807) is 50.4 Å². The summed E-state index contributed by atoms with van der Waals surface area (Å²) in [6.07, 6.45) is 1.99. The Morgan fingerprint density at radius 2 is 1.70 bits per heavy atom. The van der Waals surface area contributed by atoms with E-state index in [0.717, 1.165) is 29.7 Å². The number of benzene rings is 2. The van der Waals surface area contributed by atoms with Gasteiger partial charge < -0.3 is 24.8 Å². The molecule has 2 amide bonds. The van der Waals surface area contributed by atoms with Gasteiger partial charge in [0.15, 0.2) is 0 Å². The Balaban J connectivity index is 1.40. The van der Waals surface area contributed by atoms with Crippen LogP contribution in [0.1, 0.15) is 58.1 Å². The van der Waals surface area contributed by atoms with Crippen LogP contribution in [0.25, 0.3) is 0 Å². The van der Waals surface area contributed by atoms with Crippen molar-refractivity contribution in [2.75, 3.05) is 42.6 Å². The molecule has 2 aromatic carbocycles. The Hall–Kier alpha value is -3.57. The lowest BCUT2D eigenvalue weighted by Gasteiger charge is -2.37. The van der Waals surface area contributed by atoms with Crippen molar-refractivity contribution in [1.29, 1.82) is 0 Å². The van der Waals surface area contributed by atoms with Crippen LogP contribution in [0.2, 0.25) is 0 Å². The van der Waals surface area contributed by atoms with Crippen LogP contribution >= 0.6 is 11.8 Å². The molecule has 0 aromatic heterocycles. The lowest BCUT2D eigenvalue weighted by molar-refractivity contribution is -0.154. The number of ether oxygens (including phenoxy) is 3. The van der Waals surface area contributed by atoms with Gasteiger partial charge in [0.2, 0.25) is 5.91 Å². The predicted molar refractivity (Wildman–Crippen MR) is 178 cm³/mol. The summed E-state index contributed by atoms with van der Waals surface area (Å²) in [5.74, 6) is -1.14. The number of anilines is 1. The number of fused-ring (bicyclic) bond motifs is 1. The number of likely N-dealkylation sites (tertiary alicyclic amines) is 1. The first-order valence-electron chi connectivity index (χ1n) is 16.0. The minimum atomic E-state index is -1.59. The third-order valence-electron chi connectivity index (χ3n) is 8.35. The molecule has 1 fully saturated rings. The number of carbonyl (C=O) groups is 4. The van der Waals surface area contributed by atoms with Crippen molar-refractivity contribution < 1.29 is 33.4 Å². The molecular weight excluding hydrogens is 606 g/mol. The minimum Gasteiger partial charge on any atom is -0.466 e. The molecule has 1 saturated heterocycles. The fourth-order valence-corrected chi connectivity index (χ4v) is 7.36. The Kier molecular flexibility index (Phi) is 12.1. The molecule has 2 aliphatic rings. The average molecular weight is 654 g/mol. The van der Waals surface area contributed by atoms with Gasteiger partial charge in [0.25, 0.3) is 0 Å². The number of nitrogens with zero attached hydrogens (tertiary/aromatic N) is 2. The van der Waals surface area contributed by atoms with E-state index < -0.39 is 34.9 Å². The number of rotatable bonds is 11. The van der Waals surface area contributed by atoms with E-state index in [2.05, 4.69) is 0 Å². The molecule has 46 heavy (non-hydrogen) atoms. The van der Waals surface area contributed by atoms with E-state index in [0.29, 0.717) is 31.1 Å². The van der Waals surface area contributed by atoms with Crippen molar-refractivity contribution in [3.63, 3.8) is 0 Å². The second kappa shape index (κ2) is 15.8. The lowest BCUT2D eigenvalue weighted by atomic mass is 9.80. The van der Waals surface area contributed by atoms with Gasteiger partial charge in [0, 0.05) is 24.5 Å². The van der Waals surface area contributed by atoms with E-state index in [4.69, 9.17) is 19.9 Å². The number of thioether (sulfide) groups is 1. The zero-order chi connectivity index (χ0) is 33.3. The van der Waals surface area contributed by atoms with Gasteiger partial charge >= 0.3 is 18.0 Å². The molecule has 2 atom stereocenters. The van der Waals surface area contributed by atoms with Gasteiger partial charge in [-0.15, -0.1) is 0 Å².